The molecule has 1 saturated carbocycles. The van der Waals surface area contributed by atoms with E-state index in [-0.39, 0.29) is 11.5 Å². The Morgan fingerprint density at radius 2 is 1.79 bits per heavy atom. The second kappa shape index (κ2) is 8.28. The normalized spacial score (nSPS) is 39.7. The van der Waals surface area contributed by atoms with E-state index in [1.54, 1.807) is 0 Å². The summed E-state index contributed by atoms with van der Waals surface area (Å²) in [7, 11) is -2.86. The van der Waals surface area contributed by atoms with Crippen LogP contribution in [0.2, 0.25) is 0 Å². The Hall–Kier alpha value is 0.220. The number of thioether (sulfide) groups is 1. The molecule has 0 amide bonds. The highest BCUT2D eigenvalue weighted by Gasteiger charge is 2.35. The van der Waals surface area contributed by atoms with E-state index in [4.69, 9.17) is 4.74 Å². The van der Waals surface area contributed by atoms with Crippen LogP contribution in [0, 0.1) is 5.92 Å². The summed E-state index contributed by atoms with van der Waals surface area (Å²) in [6.07, 6.45) is 11.8. The lowest BCUT2D eigenvalue weighted by atomic mass is 9.80. The molecule has 2 aliphatic heterocycles. The van der Waals surface area contributed by atoms with Gasteiger partial charge in [-0.05, 0) is 76.4 Å². The van der Waals surface area contributed by atoms with Gasteiger partial charge in [0.2, 0.25) is 0 Å². The zero-order chi connectivity index (χ0) is 17.2. The Labute approximate surface area is 151 Å². The average molecular weight is 376 g/mol. The topological polar surface area (TPSA) is 55.4 Å². The smallest absolute Gasteiger partial charge is 0.150 e. The lowest BCUT2D eigenvalue weighted by Crippen LogP contribution is -2.50. The zero-order valence-electron chi connectivity index (χ0n) is 15.1. The van der Waals surface area contributed by atoms with Crippen LogP contribution in [-0.4, -0.2) is 49.3 Å². The van der Waals surface area contributed by atoms with Gasteiger partial charge in [-0.2, -0.15) is 11.8 Å². The number of hydrogen-bond donors (Lipinski definition) is 1. The Balaban J connectivity index is 1.47. The van der Waals surface area contributed by atoms with Gasteiger partial charge in [0, 0.05) is 17.5 Å². The van der Waals surface area contributed by atoms with Crippen LogP contribution >= 0.6 is 11.8 Å². The van der Waals surface area contributed by atoms with Gasteiger partial charge in [0.05, 0.1) is 11.4 Å². The van der Waals surface area contributed by atoms with Gasteiger partial charge in [0.1, 0.15) is 16.1 Å². The summed E-state index contributed by atoms with van der Waals surface area (Å²) < 4.78 is 29.8. The molecule has 3 rings (SSSR count). The van der Waals surface area contributed by atoms with Crippen molar-refractivity contribution in [1.29, 1.82) is 0 Å². The van der Waals surface area contributed by atoms with E-state index in [1.165, 1.54) is 37.7 Å². The first-order valence-corrected chi connectivity index (χ1v) is 12.7. The molecule has 3 fully saturated rings. The fourth-order valence-electron chi connectivity index (χ4n) is 4.65. The molecule has 2 heterocycles. The standard InChI is InChI=1S/C18H33NO3S2/c1-13(17-6-4-12-23-17)22-18-7-3-5-16(19-18)14-8-10-15(11-9-14)24(2,20)21/h13-19H,3-12H2,1-2H3/t13-,14?,15?,16?,17?,18?/m1/s1. The molecule has 3 aliphatic rings. The molecule has 0 aromatic heterocycles. The molecule has 0 spiro atoms. The number of rotatable bonds is 5. The molecule has 0 bridgehead atoms. The van der Waals surface area contributed by atoms with Crippen LogP contribution in [0.4, 0.5) is 0 Å². The van der Waals surface area contributed by atoms with Crippen LogP contribution in [0.3, 0.4) is 0 Å². The highest BCUT2D eigenvalue weighted by molar-refractivity contribution is 8.00. The maximum absolute atomic E-state index is 11.7. The Morgan fingerprint density at radius 3 is 2.42 bits per heavy atom. The molecule has 3 unspecified atom stereocenters. The van der Waals surface area contributed by atoms with Gasteiger partial charge in [0.15, 0.2) is 0 Å². The van der Waals surface area contributed by atoms with Crippen molar-refractivity contribution in [3.05, 3.63) is 0 Å². The molecule has 0 aromatic carbocycles. The summed E-state index contributed by atoms with van der Waals surface area (Å²) >= 11 is 2.06. The van der Waals surface area contributed by atoms with E-state index in [0.29, 0.717) is 23.3 Å². The third-order valence-electron chi connectivity index (χ3n) is 6.14. The number of hydrogen-bond acceptors (Lipinski definition) is 5. The number of sulfone groups is 1. The summed E-state index contributed by atoms with van der Waals surface area (Å²) in [6, 6.07) is 0.507. The molecule has 4 nitrogen and oxygen atoms in total. The Bertz CT molecular complexity index is 496. The van der Waals surface area contributed by atoms with E-state index in [0.717, 1.165) is 32.1 Å². The number of nitrogens with one attached hydrogen (secondary N) is 1. The largest absolute Gasteiger partial charge is 0.359 e. The molecule has 140 valence electrons. The van der Waals surface area contributed by atoms with E-state index in [2.05, 4.69) is 24.0 Å². The van der Waals surface area contributed by atoms with Crippen molar-refractivity contribution in [1.82, 2.24) is 5.32 Å². The summed E-state index contributed by atoms with van der Waals surface area (Å²) in [5, 5.41) is 4.31. The van der Waals surface area contributed by atoms with E-state index >= 15 is 0 Å². The average Bonchev–Trinajstić information content (AvgIpc) is 3.09. The van der Waals surface area contributed by atoms with Crippen LogP contribution in [-0.2, 0) is 14.6 Å². The second-order valence-corrected chi connectivity index (χ2v) is 11.6. The maximum Gasteiger partial charge on any atom is 0.150 e. The van der Waals surface area contributed by atoms with Crippen molar-refractivity contribution in [2.45, 2.75) is 93.6 Å². The number of piperidine rings is 1. The van der Waals surface area contributed by atoms with Gasteiger partial charge >= 0.3 is 0 Å². The fraction of sp³-hybridized carbons (Fsp3) is 1.00. The van der Waals surface area contributed by atoms with E-state index < -0.39 is 9.84 Å². The number of ether oxygens (including phenoxy) is 1. The first-order chi connectivity index (χ1) is 11.4. The first-order valence-electron chi connectivity index (χ1n) is 9.65. The van der Waals surface area contributed by atoms with Gasteiger partial charge in [-0.15, -0.1) is 0 Å². The van der Waals surface area contributed by atoms with Crippen molar-refractivity contribution in [3.63, 3.8) is 0 Å². The minimum absolute atomic E-state index is 0.108. The van der Waals surface area contributed by atoms with Crippen molar-refractivity contribution in [3.8, 4) is 0 Å². The van der Waals surface area contributed by atoms with Crippen molar-refractivity contribution in [2.24, 2.45) is 5.92 Å². The van der Waals surface area contributed by atoms with Crippen LogP contribution < -0.4 is 5.32 Å². The molecule has 1 N–H and O–H groups in total. The second-order valence-electron chi connectivity index (χ2n) is 7.95. The van der Waals surface area contributed by atoms with Crippen molar-refractivity contribution in [2.75, 3.05) is 12.0 Å². The Morgan fingerprint density at radius 1 is 1.04 bits per heavy atom. The van der Waals surface area contributed by atoms with Crippen LogP contribution in [0.25, 0.3) is 0 Å². The summed E-state index contributed by atoms with van der Waals surface area (Å²) in [5.74, 6) is 1.90. The first kappa shape index (κ1) is 19.0. The predicted octanol–water partition coefficient (Wildman–Crippen LogP) is 3.36. The van der Waals surface area contributed by atoms with Gasteiger partial charge in [-0.3, -0.25) is 5.32 Å². The predicted molar refractivity (Wildman–Crippen MR) is 101 cm³/mol. The summed E-state index contributed by atoms with van der Waals surface area (Å²) in [6.45, 7) is 2.23. The molecule has 4 atom stereocenters. The fourth-order valence-corrected chi connectivity index (χ4v) is 7.08. The Kier molecular flexibility index (Phi) is 6.55. The molecule has 24 heavy (non-hydrogen) atoms. The molecule has 6 heteroatoms. The molecule has 1 aliphatic carbocycles. The molecule has 0 radical (unpaired) electrons. The van der Waals surface area contributed by atoms with Crippen LogP contribution in [0.1, 0.15) is 64.7 Å². The molecular weight excluding hydrogens is 342 g/mol. The minimum Gasteiger partial charge on any atom is -0.359 e. The molecular formula is C18H33NO3S2. The lowest BCUT2D eigenvalue weighted by molar-refractivity contribution is -0.0508. The van der Waals surface area contributed by atoms with Gasteiger partial charge in [-0.1, -0.05) is 0 Å². The van der Waals surface area contributed by atoms with Crippen molar-refractivity contribution >= 4 is 21.6 Å². The third kappa shape index (κ3) is 4.89. The molecule has 0 aromatic rings. The van der Waals surface area contributed by atoms with Gasteiger partial charge in [0.25, 0.3) is 0 Å². The monoisotopic (exact) mass is 375 g/mol. The quantitative estimate of drug-likeness (QED) is 0.798. The van der Waals surface area contributed by atoms with Gasteiger partial charge < -0.3 is 4.74 Å². The summed E-state index contributed by atoms with van der Waals surface area (Å²) in [5.41, 5.74) is 0. The SMILES string of the molecule is C[C@@H](OC1CCCC(C2CCC(S(C)(=O)=O)CC2)N1)C1CCCS1. The molecule has 2 saturated heterocycles. The zero-order valence-corrected chi connectivity index (χ0v) is 16.7. The van der Waals surface area contributed by atoms with Crippen LogP contribution in [0.15, 0.2) is 0 Å². The lowest BCUT2D eigenvalue weighted by Gasteiger charge is -2.40. The van der Waals surface area contributed by atoms with Crippen LogP contribution in [0.5, 0.6) is 0 Å². The van der Waals surface area contributed by atoms with E-state index in [9.17, 15) is 8.42 Å². The maximum atomic E-state index is 11.7. The van der Waals surface area contributed by atoms with Gasteiger partial charge in [-0.25, -0.2) is 8.42 Å². The highest BCUT2D eigenvalue weighted by Crippen LogP contribution is 2.35. The van der Waals surface area contributed by atoms with Crippen molar-refractivity contribution < 1.29 is 13.2 Å². The summed E-state index contributed by atoms with van der Waals surface area (Å²) in [4.78, 5) is 0. The minimum atomic E-state index is -2.86. The highest BCUT2D eigenvalue weighted by atomic mass is 32.2. The van der Waals surface area contributed by atoms with E-state index in [1.807, 2.05) is 0 Å². The third-order valence-corrected chi connectivity index (χ3v) is 9.40.